The maximum atomic E-state index is 12.8. The second kappa shape index (κ2) is 3.75. The average Bonchev–Trinajstić information content (AvgIpc) is 1.98. The van der Waals surface area contributed by atoms with Crippen LogP contribution in [0.3, 0.4) is 0 Å². The molecular formula is C9H9ClFNO. The minimum absolute atomic E-state index is 0.246. The summed E-state index contributed by atoms with van der Waals surface area (Å²) in [6.45, 7) is 3.07. The molecule has 1 N–H and O–H groups in total. The van der Waals surface area contributed by atoms with Crippen LogP contribution in [0, 0.1) is 12.7 Å². The van der Waals surface area contributed by atoms with Crippen molar-refractivity contribution in [2.24, 2.45) is 0 Å². The third-order valence-corrected chi connectivity index (χ3v) is 2.01. The normalized spacial score (nSPS) is 9.85. The van der Waals surface area contributed by atoms with Crippen molar-refractivity contribution in [3.63, 3.8) is 0 Å². The molecular weight excluding hydrogens is 193 g/mol. The molecule has 4 heteroatoms. The fraction of sp³-hybridized carbons (Fsp3) is 0.222. The number of benzene rings is 1. The van der Waals surface area contributed by atoms with Gasteiger partial charge < -0.3 is 5.32 Å². The predicted molar refractivity (Wildman–Crippen MR) is 50.5 cm³/mol. The van der Waals surface area contributed by atoms with Crippen LogP contribution in [0.4, 0.5) is 10.1 Å². The highest BCUT2D eigenvalue weighted by atomic mass is 35.5. The van der Waals surface area contributed by atoms with Crippen LogP contribution in [0.1, 0.15) is 12.5 Å². The standard InChI is InChI=1S/C9H9ClFNO/c1-5-8(10)3-7(11)4-9(5)12-6(2)13/h3-4H,1-2H3,(H,12,13). The predicted octanol–water partition coefficient (Wildman–Crippen LogP) is 2.75. The van der Waals surface area contributed by atoms with Gasteiger partial charge in [0.1, 0.15) is 5.82 Å². The minimum atomic E-state index is -0.459. The quantitative estimate of drug-likeness (QED) is 0.744. The van der Waals surface area contributed by atoms with E-state index < -0.39 is 5.82 Å². The van der Waals surface area contributed by atoms with Gasteiger partial charge in [-0.1, -0.05) is 11.6 Å². The van der Waals surface area contributed by atoms with E-state index in [9.17, 15) is 9.18 Å². The maximum Gasteiger partial charge on any atom is 0.221 e. The number of anilines is 1. The first-order valence-electron chi connectivity index (χ1n) is 3.74. The van der Waals surface area contributed by atoms with Crippen molar-refractivity contribution < 1.29 is 9.18 Å². The first kappa shape index (κ1) is 9.99. The van der Waals surface area contributed by atoms with Gasteiger partial charge in [0.2, 0.25) is 5.91 Å². The number of halogens is 2. The molecule has 1 aromatic rings. The van der Waals surface area contributed by atoms with Gasteiger partial charge in [0, 0.05) is 17.6 Å². The van der Waals surface area contributed by atoms with Gasteiger partial charge in [0.05, 0.1) is 0 Å². The topological polar surface area (TPSA) is 29.1 Å². The molecule has 1 rings (SSSR count). The lowest BCUT2D eigenvalue weighted by atomic mass is 10.2. The van der Waals surface area contributed by atoms with E-state index in [0.29, 0.717) is 16.3 Å². The van der Waals surface area contributed by atoms with Crippen molar-refractivity contribution in [3.05, 3.63) is 28.5 Å². The van der Waals surface area contributed by atoms with E-state index in [0.717, 1.165) is 0 Å². The molecule has 1 amide bonds. The summed E-state index contributed by atoms with van der Waals surface area (Å²) in [6.07, 6.45) is 0. The Labute approximate surface area is 80.7 Å². The van der Waals surface area contributed by atoms with Gasteiger partial charge in [-0.15, -0.1) is 0 Å². The molecule has 0 aliphatic heterocycles. The van der Waals surface area contributed by atoms with Gasteiger partial charge in [-0.3, -0.25) is 4.79 Å². The molecule has 0 saturated carbocycles. The van der Waals surface area contributed by atoms with Crippen molar-refractivity contribution in [2.75, 3.05) is 5.32 Å². The van der Waals surface area contributed by atoms with E-state index in [2.05, 4.69) is 5.32 Å². The highest BCUT2D eigenvalue weighted by molar-refractivity contribution is 6.31. The highest BCUT2D eigenvalue weighted by Crippen LogP contribution is 2.24. The SMILES string of the molecule is CC(=O)Nc1cc(F)cc(Cl)c1C. The van der Waals surface area contributed by atoms with Gasteiger partial charge in [-0.2, -0.15) is 0 Å². The monoisotopic (exact) mass is 201 g/mol. The first-order chi connectivity index (χ1) is 6.00. The van der Waals surface area contributed by atoms with Gasteiger partial charge in [-0.05, 0) is 24.6 Å². The fourth-order valence-electron chi connectivity index (χ4n) is 0.965. The molecule has 2 nitrogen and oxygen atoms in total. The minimum Gasteiger partial charge on any atom is -0.326 e. The Hall–Kier alpha value is -1.09. The van der Waals surface area contributed by atoms with Crippen molar-refractivity contribution in [1.82, 2.24) is 0 Å². The maximum absolute atomic E-state index is 12.8. The van der Waals surface area contributed by atoms with Crippen molar-refractivity contribution in [1.29, 1.82) is 0 Å². The van der Waals surface area contributed by atoms with Crippen LogP contribution in [-0.2, 0) is 4.79 Å². The van der Waals surface area contributed by atoms with E-state index in [-0.39, 0.29) is 5.91 Å². The Kier molecular flexibility index (Phi) is 2.88. The van der Waals surface area contributed by atoms with Crippen LogP contribution in [0.2, 0.25) is 5.02 Å². The largest absolute Gasteiger partial charge is 0.326 e. The third-order valence-electron chi connectivity index (χ3n) is 1.62. The summed E-state index contributed by atoms with van der Waals surface area (Å²) in [7, 11) is 0. The Balaban J connectivity index is 3.12. The summed E-state index contributed by atoms with van der Waals surface area (Å²) >= 11 is 5.71. The molecule has 0 saturated heterocycles. The molecule has 0 unspecified atom stereocenters. The summed E-state index contributed by atoms with van der Waals surface area (Å²) < 4.78 is 12.8. The summed E-state index contributed by atoms with van der Waals surface area (Å²) in [4.78, 5) is 10.7. The zero-order valence-electron chi connectivity index (χ0n) is 7.32. The van der Waals surface area contributed by atoms with E-state index in [1.807, 2.05) is 0 Å². The number of hydrogen-bond acceptors (Lipinski definition) is 1. The zero-order chi connectivity index (χ0) is 10.0. The summed E-state index contributed by atoms with van der Waals surface area (Å²) in [5, 5.41) is 2.80. The Bertz CT molecular complexity index is 352. The first-order valence-corrected chi connectivity index (χ1v) is 4.11. The molecule has 0 aliphatic carbocycles. The number of rotatable bonds is 1. The summed E-state index contributed by atoms with van der Waals surface area (Å²) in [6, 6.07) is 2.45. The number of carbonyl (C=O) groups is 1. The van der Waals surface area contributed by atoms with Gasteiger partial charge in [0.25, 0.3) is 0 Å². The molecule has 70 valence electrons. The highest BCUT2D eigenvalue weighted by Gasteiger charge is 2.06. The Morgan fingerprint density at radius 2 is 2.15 bits per heavy atom. The van der Waals surface area contributed by atoms with Gasteiger partial charge in [0.15, 0.2) is 0 Å². The van der Waals surface area contributed by atoms with Crippen LogP contribution in [0.15, 0.2) is 12.1 Å². The molecule has 0 aromatic heterocycles. The lowest BCUT2D eigenvalue weighted by Crippen LogP contribution is -2.07. The molecule has 0 spiro atoms. The van der Waals surface area contributed by atoms with Crippen LogP contribution in [-0.4, -0.2) is 5.91 Å². The molecule has 0 bridgehead atoms. The molecule has 0 radical (unpaired) electrons. The molecule has 13 heavy (non-hydrogen) atoms. The summed E-state index contributed by atoms with van der Waals surface area (Å²) in [5.41, 5.74) is 1.08. The van der Waals surface area contributed by atoms with Crippen LogP contribution >= 0.6 is 11.6 Å². The smallest absolute Gasteiger partial charge is 0.221 e. The van der Waals surface area contributed by atoms with Crippen molar-refractivity contribution in [3.8, 4) is 0 Å². The third kappa shape index (κ3) is 2.42. The molecule has 1 aromatic carbocycles. The molecule has 0 aliphatic rings. The average molecular weight is 202 g/mol. The van der Waals surface area contributed by atoms with Crippen molar-refractivity contribution in [2.45, 2.75) is 13.8 Å². The fourth-order valence-corrected chi connectivity index (χ4v) is 1.17. The number of hydrogen-bond donors (Lipinski definition) is 1. The van der Waals surface area contributed by atoms with Crippen molar-refractivity contribution >= 4 is 23.2 Å². The number of nitrogens with one attached hydrogen (secondary N) is 1. The summed E-state index contributed by atoms with van der Waals surface area (Å²) in [5.74, 6) is -0.705. The molecule has 0 atom stereocenters. The lowest BCUT2D eigenvalue weighted by Gasteiger charge is -2.07. The second-order valence-corrected chi connectivity index (χ2v) is 3.15. The van der Waals surface area contributed by atoms with Crippen LogP contribution < -0.4 is 5.32 Å². The number of amides is 1. The lowest BCUT2D eigenvalue weighted by molar-refractivity contribution is -0.114. The van der Waals surface area contributed by atoms with E-state index >= 15 is 0 Å². The zero-order valence-corrected chi connectivity index (χ0v) is 8.07. The molecule has 0 heterocycles. The Morgan fingerprint density at radius 1 is 1.54 bits per heavy atom. The van der Waals surface area contributed by atoms with E-state index in [1.165, 1.54) is 19.1 Å². The van der Waals surface area contributed by atoms with Crippen LogP contribution in [0.5, 0.6) is 0 Å². The Morgan fingerprint density at radius 3 is 2.69 bits per heavy atom. The van der Waals surface area contributed by atoms with E-state index in [4.69, 9.17) is 11.6 Å². The van der Waals surface area contributed by atoms with Gasteiger partial charge in [-0.25, -0.2) is 4.39 Å². The second-order valence-electron chi connectivity index (χ2n) is 2.74. The van der Waals surface area contributed by atoms with Gasteiger partial charge >= 0.3 is 0 Å². The van der Waals surface area contributed by atoms with E-state index in [1.54, 1.807) is 6.92 Å². The number of carbonyl (C=O) groups excluding carboxylic acids is 1. The van der Waals surface area contributed by atoms with Crippen LogP contribution in [0.25, 0.3) is 0 Å². The molecule has 0 fully saturated rings.